The Bertz CT molecular complexity index is 700. The van der Waals surface area contributed by atoms with Crippen molar-refractivity contribution in [1.29, 1.82) is 0 Å². The van der Waals surface area contributed by atoms with Crippen LogP contribution in [0.4, 0.5) is 0 Å². The van der Waals surface area contributed by atoms with Crippen molar-refractivity contribution in [3.05, 3.63) is 0 Å². The number of hydrogen-bond acceptors (Lipinski definition) is 6. The minimum atomic E-state index is -0.0417. The summed E-state index contributed by atoms with van der Waals surface area (Å²) in [6.45, 7) is 10.4. The van der Waals surface area contributed by atoms with Crippen molar-refractivity contribution in [2.24, 2.45) is 5.92 Å². The molecule has 0 aromatic rings. The van der Waals surface area contributed by atoms with Gasteiger partial charge in [0.25, 0.3) is 0 Å². The highest BCUT2D eigenvalue weighted by atomic mass is 32.2. The van der Waals surface area contributed by atoms with Crippen LogP contribution in [0.25, 0.3) is 0 Å². The minimum Gasteiger partial charge on any atom is -0.466 e. The number of hydrogen-bond donors (Lipinski definition) is 1. The highest BCUT2D eigenvalue weighted by Crippen LogP contribution is 2.25. The van der Waals surface area contributed by atoms with Gasteiger partial charge < -0.3 is 14.7 Å². The van der Waals surface area contributed by atoms with Crippen LogP contribution in [-0.2, 0) is 14.3 Å². The van der Waals surface area contributed by atoms with Gasteiger partial charge in [0.15, 0.2) is 5.12 Å². The van der Waals surface area contributed by atoms with Gasteiger partial charge in [0, 0.05) is 31.2 Å². The molecule has 0 spiro atoms. The van der Waals surface area contributed by atoms with E-state index in [0.29, 0.717) is 18.1 Å². The number of carbonyl (C=O) groups is 2. The highest BCUT2D eigenvalue weighted by Gasteiger charge is 2.18. The second-order valence-corrected chi connectivity index (χ2v) is 16.6. The van der Waals surface area contributed by atoms with E-state index in [1.807, 2.05) is 0 Å². The molecule has 1 N–H and O–H groups in total. The molecule has 0 saturated heterocycles. The van der Waals surface area contributed by atoms with Gasteiger partial charge in [0.05, 0.1) is 6.61 Å². The maximum Gasteiger partial charge on any atom is 0.305 e. The number of aliphatic hydroxyl groups is 1. The summed E-state index contributed by atoms with van der Waals surface area (Å²) in [5, 5.41) is 9.87. The highest BCUT2D eigenvalue weighted by molar-refractivity contribution is 8.13. The normalized spacial score (nSPS) is 11.6. The second kappa shape index (κ2) is 42.2. The fourth-order valence-corrected chi connectivity index (χ4v) is 8.08. The smallest absolute Gasteiger partial charge is 0.305 e. The molecule has 0 aromatic carbocycles. The Hall–Kier alpha value is -0.590. The number of ether oxygens (including phenoxy) is 1. The van der Waals surface area contributed by atoms with E-state index in [1.54, 1.807) is 11.8 Å². The van der Waals surface area contributed by atoms with Gasteiger partial charge >= 0.3 is 5.97 Å². The summed E-state index contributed by atoms with van der Waals surface area (Å²) in [6.07, 6.45) is 40.1. The lowest BCUT2D eigenvalue weighted by molar-refractivity contribution is -0.143. The number of thioether (sulfide) groups is 1. The Labute approximate surface area is 323 Å². The SMILES string of the molecule is CCCCCCCCCCCC(=O)OCCCCN(CCCO)CCCCSC(=O)C(CCCCCCCCCC)CCCCCCCCCC. The van der Waals surface area contributed by atoms with Crippen LogP contribution < -0.4 is 0 Å². The van der Waals surface area contributed by atoms with E-state index in [2.05, 4.69) is 25.7 Å². The fourth-order valence-electron chi connectivity index (χ4n) is 7.06. The van der Waals surface area contributed by atoms with Crippen LogP contribution in [-0.4, -0.2) is 59.7 Å². The Morgan fingerprint density at radius 2 is 0.922 bits per heavy atom. The first-order valence-corrected chi connectivity index (χ1v) is 23.7. The number of esters is 1. The molecule has 5 nitrogen and oxygen atoms in total. The van der Waals surface area contributed by atoms with E-state index < -0.39 is 0 Å². The third-order valence-corrected chi connectivity index (χ3v) is 11.6. The first kappa shape index (κ1) is 50.4. The van der Waals surface area contributed by atoms with Gasteiger partial charge in [-0.1, -0.05) is 187 Å². The lowest BCUT2D eigenvalue weighted by Crippen LogP contribution is -2.28. The van der Waals surface area contributed by atoms with Gasteiger partial charge in [-0.3, -0.25) is 9.59 Å². The summed E-state index contributed by atoms with van der Waals surface area (Å²) in [7, 11) is 0. The van der Waals surface area contributed by atoms with E-state index in [-0.39, 0.29) is 18.5 Å². The van der Waals surface area contributed by atoms with E-state index in [1.165, 1.54) is 148 Å². The Morgan fingerprint density at radius 1 is 0.510 bits per heavy atom. The molecule has 0 aliphatic rings. The zero-order valence-electron chi connectivity index (χ0n) is 34.7. The van der Waals surface area contributed by atoms with Crippen LogP contribution in [0.1, 0.15) is 233 Å². The van der Waals surface area contributed by atoms with E-state index in [4.69, 9.17) is 4.74 Å². The number of aliphatic hydroxyl groups excluding tert-OH is 1. The molecule has 6 heteroatoms. The molecule has 0 unspecified atom stereocenters. The second-order valence-electron chi connectivity index (χ2n) is 15.5. The molecule has 0 atom stereocenters. The van der Waals surface area contributed by atoms with Gasteiger partial charge in [0.2, 0.25) is 0 Å². The van der Waals surface area contributed by atoms with Crippen LogP contribution in [0.15, 0.2) is 0 Å². The van der Waals surface area contributed by atoms with Crippen molar-refractivity contribution in [2.75, 3.05) is 38.6 Å². The van der Waals surface area contributed by atoms with Crippen molar-refractivity contribution in [3.63, 3.8) is 0 Å². The molecule has 0 fully saturated rings. The first-order chi connectivity index (χ1) is 25.1. The summed E-state index contributed by atoms with van der Waals surface area (Å²) < 4.78 is 5.51. The topological polar surface area (TPSA) is 66.8 Å². The molecule has 0 amide bonds. The van der Waals surface area contributed by atoms with Crippen molar-refractivity contribution >= 4 is 22.8 Å². The van der Waals surface area contributed by atoms with E-state index in [9.17, 15) is 14.7 Å². The summed E-state index contributed by atoms with van der Waals surface area (Å²) in [6, 6.07) is 0. The van der Waals surface area contributed by atoms with Crippen molar-refractivity contribution in [1.82, 2.24) is 4.90 Å². The van der Waals surface area contributed by atoms with Crippen molar-refractivity contribution in [3.8, 4) is 0 Å². The number of unbranched alkanes of at least 4 members (excludes halogenated alkanes) is 24. The van der Waals surface area contributed by atoms with Crippen LogP contribution in [0.2, 0.25) is 0 Å². The maximum atomic E-state index is 13.3. The molecule has 0 rings (SSSR count). The average molecular weight is 740 g/mol. The van der Waals surface area contributed by atoms with Gasteiger partial charge in [0.1, 0.15) is 0 Å². The molecule has 0 aromatic heterocycles. The van der Waals surface area contributed by atoms with Crippen molar-refractivity contribution < 1.29 is 19.4 Å². The molecule has 0 heterocycles. The first-order valence-electron chi connectivity index (χ1n) is 22.7. The summed E-state index contributed by atoms with van der Waals surface area (Å²) in [4.78, 5) is 27.9. The zero-order valence-corrected chi connectivity index (χ0v) is 35.5. The summed E-state index contributed by atoms with van der Waals surface area (Å²) in [5.74, 6) is 1.13. The predicted molar refractivity (Wildman–Crippen MR) is 225 cm³/mol. The van der Waals surface area contributed by atoms with E-state index in [0.717, 1.165) is 83.2 Å². The number of nitrogens with zero attached hydrogens (tertiary/aromatic N) is 1. The minimum absolute atomic E-state index is 0.0417. The Morgan fingerprint density at radius 3 is 1.39 bits per heavy atom. The standard InChI is InChI=1S/C45H89NO4S/c1-4-7-10-13-16-19-22-25-28-36-44(48)50-41-31-29-37-46(39-33-40-47)38-30-32-42-51-45(49)43(34-26-23-20-17-14-11-8-5-2)35-27-24-21-18-15-12-9-6-3/h43,47H,4-42H2,1-3H3. The molecular weight excluding hydrogens is 651 g/mol. The van der Waals surface area contributed by atoms with Gasteiger partial charge in [-0.2, -0.15) is 0 Å². The van der Waals surface area contributed by atoms with Crippen LogP contribution in [0.3, 0.4) is 0 Å². The average Bonchev–Trinajstić information content (AvgIpc) is 3.13. The predicted octanol–water partition coefficient (Wildman–Crippen LogP) is 13.6. The van der Waals surface area contributed by atoms with Crippen molar-refractivity contribution in [2.45, 2.75) is 233 Å². The quantitative estimate of drug-likeness (QED) is 0.0497. The van der Waals surface area contributed by atoms with Gasteiger partial charge in [-0.05, 0) is 64.5 Å². The summed E-state index contributed by atoms with van der Waals surface area (Å²) in [5.41, 5.74) is 0. The zero-order chi connectivity index (χ0) is 37.3. The molecule has 304 valence electrons. The molecule has 0 aliphatic heterocycles. The van der Waals surface area contributed by atoms with Gasteiger partial charge in [-0.15, -0.1) is 0 Å². The molecule has 0 radical (unpaired) electrons. The van der Waals surface area contributed by atoms with Crippen LogP contribution >= 0.6 is 11.8 Å². The van der Waals surface area contributed by atoms with Gasteiger partial charge in [-0.25, -0.2) is 0 Å². The van der Waals surface area contributed by atoms with Crippen LogP contribution in [0, 0.1) is 5.92 Å². The maximum absolute atomic E-state index is 13.3. The van der Waals surface area contributed by atoms with Crippen LogP contribution in [0.5, 0.6) is 0 Å². The number of rotatable bonds is 42. The molecule has 51 heavy (non-hydrogen) atoms. The number of carbonyl (C=O) groups excluding carboxylic acids is 2. The molecule has 0 saturated carbocycles. The molecule has 0 bridgehead atoms. The van der Waals surface area contributed by atoms with E-state index >= 15 is 0 Å². The largest absolute Gasteiger partial charge is 0.466 e. The monoisotopic (exact) mass is 740 g/mol. The Balaban J connectivity index is 4.27. The fraction of sp³-hybridized carbons (Fsp3) is 0.956. The third kappa shape index (κ3) is 37.5. The third-order valence-electron chi connectivity index (χ3n) is 10.5. The molecular formula is C45H89NO4S. The lowest BCUT2D eigenvalue weighted by Gasteiger charge is -2.22. The Kier molecular flexibility index (Phi) is 41.7. The molecule has 0 aliphatic carbocycles. The lowest BCUT2D eigenvalue weighted by atomic mass is 9.95. The summed E-state index contributed by atoms with van der Waals surface area (Å²) >= 11 is 1.60.